The molecule has 110 valence electrons. The molecule has 0 saturated carbocycles. The number of esters is 1. The molecule has 0 fully saturated rings. The Hall–Kier alpha value is -1.98. The summed E-state index contributed by atoms with van der Waals surface area (Å²) in [4.78, 5) is 23.6. The van der Waals surface area contributed by atoms with E-state index < -0.39 is 29.6 Å². The molecule has 1 rings (SSSR count). The van der Waals surface area contributed by atoms with Crippen LogP contribution in [-0.4, -0.2) is 25.0 Å². The van der Waals surface area contributed by atoms with E-state index in [0.29, 0.717) is 12.5 Å². The van der Waals surface area contributed by atoms with Crippen LogP contribution in [-0.2, 0) is 9.53 Å². The maximum atomic E-state index is 13.5. The summed E-state index contributed by atoms with van der Waals surface area (Å²) in [5, 5.41) is 2.42. The second-order valence-electron chi connectivity index (χ2n) is 4.48. The minimum Gasteiger partial charge on any atom is -0.467 e. The summed E-state index contributed by atoms with van der Waals surface area (Å²) in [6.07, 6.45) is 0.631. The van der Waals surface area contributed by atoms with Gasteiger partial charge in [-0.15, -0.1) is 0 Å². The summed E-state index contributed by atoms with van der Waals surface area (Å²) >= 11 is 0. The number of nitrogens with one attached hydrogen (secondary N) is 1. The second kappa shape index (κ2) is 6.98. The van der Waals surface area contributed by atoms with Crippen molar-refractivity contribution in [3.8, 4) is 0 Å². The van der Waals surface area contributed by atoms with Gasteiger partial charge in [-0.25, -0.2) is 13.6 Å². The van der Waals surface area contributed by atoms with Gasteiger partial charge in [0.15, 0.2) is 0 Å². The molecule has 0 aromatic heterocycles. The zero-order chi connectivity index (χ0) is 15.3. The number of carbonyl (C=O) groups excluding carboxylic acids is 2. The molecule has 6 heteroatoms. The molecule has 0 aliphatic rings. The number of ether oxygens (including phenoxy) is 1. The van der Waals surface area contributed by atoms with Crippen LogP contribution in [0.2, 0.25) is 0 Å². The van der Waals surface area contributed by atoms with Crippen LogP contribution in [0.15, 0.2) is 18.2 Å². The van der Waals surface area contributed by atoms with Gasteiger partial charge in [-0.2, -0.15) is 0 Å². The average Bonchev–Trinajstić information content (AvgIpc) is 2.42. The molecule has 20 heavy (non-hydrogen) atoms. The van der Waals surface area contributed by atoms with E-state index in [0.717, 1.165) is 12.1 Å². The SMILES string of the molecule is CC[C@@H](C)[C@@H](NC(=O)c1ccc(F)cc1F)C(=O)OC. The van der Waals surface area contributed by atoms with Gasteiger partial charge in [0.05, 0.1) is 12.7 Å². The molecule has 0 heterocycles. The Morgan fingerprint density at radius 1 is 1.35 bits per heavy atom. The molecule has 0 bridgehead atoms. The van der Waals surface area contributed by atoms with Crippen LogP contribution < -0.4 is 5.32 Å². The van der Waals surface area contributed by atoms with Gasteiger partial charge in [-0.05, 0) is 18.1 Å². The molecule has 0 saturated heterocycles. The first-order valence-electron chi connectivity index (χ1n) is 6.24. The quantitative estimate of drug-likeness (QED) is 0.844. The standard InChI is InChI=1S/C14H17F2NO3/c1-4-8(2)12(14(19)20-3)17-13(18)10-6-5-9(15)7-11(10)16/h5-8,12H,4H2,1-3H3,(H,17,18)/t8-,12-/m1/s1. The maximum absolute atomic E-state index is 13.5. The smallest absolute Gasteiger partial charge is 0.328 e. The Bertz CT molecular complexity index is 505. The highest BCUT2D eigenvalue weighted by Gasteiger charge is 2.27. The first-order valence-corrected chi connectivity index (χ1v) is 6.24. The van der Waals surface area contributed by atoms with E-state index in [9.17, 15) is 18.4 Å². The Labute approximate surface area is 116 Å². The lowest BCUT2D eigenvalue weighted by Gasteiger charge is -2.21. The largest absolute Gasteiger partial charge is 0.467 e. The van der Waals surface area contributed by atoms with Gasteiger partial charge >= 0.3 is 5.97 Å². The number of rotatable bonds is 5. The number of hydrogen-bond acceptors (Lipinski definition) is 3. The molecule has 1 aromatic rings. The lowest BCUT2D eigenvalue weighted by molar-refractivity contribution is -0.144. The molecule has 1 N–H and O–H groups in total. The Morgan fingerprint density at radius 3 is 2.50 bits per heavy atom. The lowest BCUT2D eigenvalue weighted by Crippen LogP contribution is -2.45. The minimum atomic E-state index is -0.977. The number of amides is 1. The van der Waals surface area contributed by atoms with Crippen LogP contribution in [0.1, 0.15) is 30.6 Å². The fraction of sp³-hybridized carbons (Fsp3) is 0.429. The zero-order valence-corrected chi connectivity index (χ0v) is 11.6. The van der Waals surface area contributed by atoms with Gasteiger partial charge in [0.25, 0.3) is 5.91 Å². The average molecular weight is 285 g/mol. The van der Waals surface area contributed by atoms with E-state index in [4.69, 9.17) is 0 Å². The summed E-state index contributed by atoms with van der Waals surface area (Å²) in [6, 6.07) is 1.76. The number of halogens is 2. The fourth-order valence-corrected chi connectivity index (χ4v) is 1.69. The number of methoxy groups -OCH3 is 1. The molecule has 4 nitrogen and oxygen atoms in total. The summed E-state index contributed by atoms with van der Waals surface area (Å²) in [5.41, 5.74) is -0.316. The van der Waals surface area contributed by atoms with Gasteiger partial charge in [0.1, 0.15) is 17.7 Å². The van der Waals surface area contributed by atoms with Crippen molar-refractivity contribution in [1.29, 1.82) is 0 Å². The van der Waals surface area contributed by atoms with Crippen LogP contribution >= 0.6 is 0 Å². The minimum absolute atomic E-state index is 0.171. The van der Waals surface area contributed by atoms with E-state index in [1.165, 1.54) is 7.11 Å². The van der Waals surface area contributed by atoms with Crippen molar-refractivity contribution < 1.29 is 23.1 Å². The molecule has 2 atom stereocenters. The Morgan fingerprint density at radius 2 is 2.00 bits per heavy atom. The van der Waals surface area contributed by atoms with Crippen molar-refractivity contribution in [2.75, 3.05) is 7.11 Å². The van der Waals surface area contributed by atoms with Gasteiger partial charge in [0, 0.05) is 6.07 Å². The highest BCUT2D eigenvalue weighted by Crippen LogP contribution is 2.13. The van der Waals surface area contributed by atoms with Gasteiger partial charge in [-0.3, -0.25) is 4.79 Å². The predicted octanol–water partition coefficient (Wildman–Crippen LogP) is 2.28. The van der Waals surface area contributed by atoms with Crippen LogP contribution in [0.25, 0.3) is 0 Å². The zero-order valence-electron chi connectivity index (χ0n) is 11.6. The van der Waals surface area contributed by atoms with E-state index in [1.807, 2.05) is 6.92 Å². The molecular formula is C14H17F2NO3. The third-order valence-corrected chi connectivity index (χ3v) is 3.13. The number of carbonyl (C=O) groups is 2. The molecule has 0 unspecified atom stereocenters. The molecule has 0 radical (unpaired) electrons. The molecule has 1 amide bonds. The van der Waals surface area contributed by atoms with Gasteiger partial charge < -0.3 is 10.1 Å². The molecule has 0 aliphatic heterocycles. The van der Waals surface area contributed by atoms with Crippen molar-refractivity contribution in [2.45, 2.75) is 26.3 Å². The summed E-state index contributed by atoms with van der Waals surface area (Å²) in [6.45, 7) is 3.62. The molecule has 0 spiro atoms. The van der Waals surface area contributed by atoms with Crippen molar-refractivity contribution in [2.24, 2.45) is 5.92 Å². The first kappa shape index (κ1) is 16.1. The van der Waals surface area contributed by atoms with Crippen molar-refractivity contribution in [1.82, 2.24) is 5.32 Å². The van der Waals surface area contributed by atoms with Gasteiger partial charge in [0.2, 0.25) is 0 Å². The third-order valence-electron chi connectivity index (χ3n) is 3.13. The monoisotopic (exact) mass is 285 g/mol. The highest BCUT2D eigenvalue weighted by atomic mass is 19.1. The predicted molar refractivity (Wildman–Crippen MR) is 69.1 cm³/mol. The number of hydrogen-bond donors (Lipinski definition) is 1. The fourth-order valence-electron chi connectivity index (χ4n) is 1.69. The number of benzene rings is 1. The van der Waals surface area contributed by atoms with Crippen molar-refractivity contribution in [3.05, 3.63) is 35.4 Å². The highest BCUT2D eigenvalue weighted by molar-refractivity contribution is 5.97. The first-order chi connectivity index (χ1) is 9.40. The van der Waals surface area contributed by atoms with Gasteiger partial charge in [-0.1, -0.05) is 20.3 Å². The van der Waals surface area contributed by atoms with E-state index in [-0.39, 0.29) is 11.5 Å². The Balaban J connectivity index is 2.93. The van der Waals surface area contributed by atoms with Crippen LogP contribution in [0, 0.1) is 17.6 Å². The van der Waals surface area contributed by atoms with E-state index in [1.54, 1.807) is 6.92 Å². The summed E-state index contributed by atoms with van der Waals surface area (Å²) < 4.78 is 30.9. The summed E-state index contributed by atoms with van der Waals surface area (Å²) in [7, 11) is 1.21. The van der Waals surface area contributed by atoms with E-state index >= 15 is 0 Å². The lowest BCUT2D eigenvalue weighted by atomic mass is 9.99. The third kappa shape index (κ3) is 3.76. The Kier molecular flexibility index (Phi) is 5.61. The van der Waals surface area contributed by atoms with Crippen molar-refractivity contribution >= 4 is 11.9 Å². The molecule has 1 aromatic carbocycles. The normalized spacial score (nSPS) is 13.4. The van der Waals surface area contributed by atoms with E-state index in [2.05, 4.69) is 10.1 Å². The second-order valence-corrected chi connectivity index (χ2v) is 4.48. The molecule has 0 aliphatic carbocycles. The van der Waals surface area contributed by atoms with Crippen LogP contribution in [0.4, 0.5) is 8.78 Å². The maximum Gasteiger partial charge on any atom is 0.328 e. The van der Waals surface area contributed by atoms with Crippen LogP contribution in [0.5, 0.6) is 0 Å². The summed E-state index contributed by atoms with van der Waals surface area (Å²) in [5.74, 6) is -3.30. The van der Waals surface area contributed by atoms with Crippen molar-refractivity contribution in [3.63, 3.8) is 0 Å². The van der Waals surface area contributed by atoms with Crippen LogP contribution in [0.3, 0.4) is 0 Å². The molecular weight excluding hydrogens is 268 g/mol. The topological polar surface area (TPSA) is 55.4 Å².